The monoisotopic (exact) mass is 261 g/mol. The Labute approximate surface area is 111 Å². The van der Waals surface area contributed by atoms with Crippen molar-refractivity contribution in [3.8, 4) is 0 Å². The zero-order chi connectivity index (χ0) is 14.0. The number of nitrogens with zero attached hydrogens (tertiary/aromatic N) is 2. The highest BCUT2D eigenvalue weighted by atomic mass is 19.1. The predicted molar refractivity (Wildman–Crippen MR) is 73.7 cm³/mol. The van der Waals surface area contributed by atoms with Crippen LogP contribution in [0.3, 0.4) is 0 Å². The van der Waals surface area contributed by atoms with Crippen LogP contribution in [0.15, 0.2) is 18.2 Å². The molecule has 19 heavy (non-hydrogen) atoms. The van der Waals surface area contributed by atoms with Crippen molar-refractivity contribution in [2.45, 2.75) is 20.8 Å². The summed E-state index contributed by atoms with van der Waals surface area (Å²) in [6.07, 6.45) is 0. The number of hydrogen-bond donors (Lipinski definition) is 3. The molecule has 0 saturated carbocycles. The lowest BCUT2D eigenvalue weighted by atomic mass is 10.2. The molecule has 0 unspecified atom stereocenters. The van der Waals surface area contributed by atoms with Crippen LogP contribution >= 0.6 is 0 Å². The van der Waals surface area contributed by atoms with Crippen LogP contribution in [0, 0.1) is 26.6 Å². The van der Waals surface area contributed by atoms with Crippen LogP contribution in [0.2, 0.25) is 0 Å². The normalized spacial score (nSPS) is 10.4. The average molecular weight is 261 g/mol. The van der Waals surface area contributed by atoms with Crippen molar-refractivity contribution in [1.29, 1.82) is 0 Å². The molecule has 5 nitrogen and oxygen atoms in total. The number of hydrazine groups is 1. The van der Waals surface area contributed by atoms with Crippen molar-refractivity contribution in [1.82, 2.24) is 9.97 Å². The molecule has 2 aromatic rings. The number of nitrogen functional groups attached to an aromatic ring is 1. The van der Waals surface area contributed by atoms with E-state index in [2.05, 4.69) is 20.7 Å². The van der Waals surface area contributed by atoms with Crippen LogP contribution in [0.1, 0.15) is 17.0 Å². The van der Waals surface area contributed by atoms with Gasteiger partial charge in [-0.05, 0) is 38.5 Å². The molecule has 2 rings (SSSR count). The molecule has 0 bridgehead atoms. The molecule has 0 aliphatic heterocycles. The van der Waals surface area contributed by atoms with Crippen LogP contribution in [-0.2, 0) is 0 Å². The molecule has 0 fully saturated rings. The van der Waals surface area contributed by atoms with Crippen molar-refractivity contribution in [2.75, 3.05) is 10.7 Å². The van der Waals surface area contributed by atoms with E-state index in [0.29, 0.717) is 23.1 Å². The van der Waals surface area contributed by atoms with Gasteiger partial charge in [0, 0.05) is 11.3 Å². The van der Waals surface area contributed by atoms with Crippen molar-refractivity contribution in [3.05, 3.63) is 41.0 Å². The Morgan fingerprint density at radius 3 is 2.47 bits per heavy atom. The van der Waals surface area contributed by atoms with E-state index >= 15 is 0 Å². The molecular weight excluding hydrogens is 245 g/mol. The molecule has 1 aromatic carbocycles. The van der Waals surface area contributed by atoms with E-state index < -0.39 is 0 Å². The zero-order valence-electron chi connectivity index (χ0n) is 11.1. The smallest absolute Gasteiger partial charge is 0.148 e. The number of nitrogens with one attached hydrogen (secondary N) is 2. The van der Waals surface area contributed by atoms with E-state index in [-0.39, 0.29) is 5.82 Å². The summed E-state index contributed by atoms with van der Waals surface area (Å²) in [4.78, 5) is 8.48. The molecule has 0 radical (unpaired) electrons. The van der Waals surface area contributed by atoms with E-state index in [1.54, 1.807) is 13.0 Å². The van der Waals surface area contributed by atoms with Crippen LogP contribution in [0.4, 0.5) is 21.7 Å². The van der Waals surface area contributed by atoms with Crippen molar-refractivity contribution >= 4 is 17.3 Å². The summed E-state index contributed by atoms with van der Waals surface area (Å²) < 4.78 is 13.3. The molecule has 100 valence electrons. The third-order valence-corrected chi connectivity index (χ3v) is 2.85. The van der Waals surface area contributed by atoms with Crippen LogP contribution in [0.5, 0.6) is 0 Å². The Morgan fingerprint density at radius 2 is 1.79 bits per heavy atom. The van der Waals surface area contributed by atoms with Gasteiger partial charge in [-0.1, -0.05) is 6.07 Å². The number of benzene rings is 1. The van der Waals surface area contributed by atoms with Crippen LogP contribution in [-0.4, -0.2) is 9.97 Å². The number of aryl methyl sites for hydroxylation is 2. The van der Waals surface area contributed by atoms with E-state index in [0.717, 1.165) is 11.1 Å². The highest BCUT2D eigenvalue weighted by molar-refractivity contribution is 5.66. The first kappa shape index (κ1) is 13.2. The fourth-order valence-corrected chi connectivity index (χ4v) is 1.75. The lowest BCUT2D eigenvalue weighted by Crippen LogP contribution is -2.13. The van der Waals surface area contributed by atoms with Crippen LogP contribution < -0.4 is 16.6 Å². The Hall–Kier alpha value is -2.21. The Kier molecular flexibility index (Phi) is 3.62. The van der Waals surface area contributed by atoms with Gasteiger partial charge in [-0.25, -0.2) is 20.2 Å². The second kappa shape index (κ2) is 5.19. The van der Waals surface area contributed by atoms with E-state index in [1.807, 2.05) is 13.8 Å². The molecule has 0 aliphatic carbocycles. The first-order chi connectivity index (χ1) is 9.01. The third kappa shape index (κ3) is 2.79. The summed E-state index contributed by atoms with van der Waals surface area (Å²) in [7, 11) is 0. The molecule has 1 aromatic heterocycles. The maximum Gasteiger partial charge on any atom is 0.148 e. The first-order valence-corrected chi connectivity index (χ1v) is 5.86. The maximum atomic E-state index is 13.3. The average Bonchev–Trinajstić information content (AvgIpc) is 2.37. The minimum atomic E-state index is -0.297. The number of rotatable bonds is 3. The van der Waals surface area contributed by atoms with Gasteiger partial charge < -0.3 is 10.7 Å². The van der Waals surface area contributed by atoms with Gasteiger partial charge in [0.15, 0.2) is 0 Å². The summed E-state index contributed by atoms with van der Waals surface area (Å²) in [5.74, 6) is 6.84. The summed E-state index contributed by atoms with van der Waals surface area (Å²) in [5, 5.41) is 3.11. The Morgan fingerprint density at radius 1 is 1.11 bits per heavy atom. The molecule has 1 heterocycles. The van der Waals surface area contributed by atoms with Gasteiger partial charge in [-0.3, -0.25) is 0 Å². The van der Waals surface area contributed by atoms with E-state index in [9.17, 15) is 4.39 Å². The number of nitrogens with two attached hydrogens (primary N) is 1. The largest absolute Gasteiger partial charge is 0.340 e. The highest BCUT2D eigenvalue weighted by Crippen LogP contribution is 2.25. The molecule has 6 heteroatoms. The number of anilines is 3. The SMILES string of the molecule is Cc1nc(NN)c(C)c(Nc2cc(F)ccc2C)n1. The Bertz CT molecular complexity index is 612. The van der Waals surface area contributed by atoms with Crippen LogP contribution in [0.25, 0.3) is 0 Å². The zero-order valence-corrected chi connectivity index (χ0v) is 11.1. The minimum absolute atomic E-state index is 0.297. The van der Waals surface area contributed by atoms with Crippen molar-refractivity contribution < 1.29 is 4.39 Å². The number of aromatic nitrogens is 2. The minimum Gasteiger partial charge on any atom is -0.340 e. The summed E-state index contributed by atoms with van der Waals surface area (Å²) in [5.41, 5.74) is 4.90. The topological polar surface area (TPSA) is 75.9 Å². The molecule has 0 atom stereocenters. The molecule has 0 saturated heterocycles. The molecular formula is C13H16FN5. The fourth-order valence-electron chi connectivity index (χ4n) is 1.75. The number of hydrogen-bond acceptors (Lipinski definition) is 5. The second-order valence-corrected chi connectivity index (χ2v) is 4.32. The van der Waals surface area contributed by atoms with Gasteiger partial charge in [0.1, 0.15) is 23.3 Å². The quantitative estimate of drug-likeness (QED) is 0.585. The maximum absolute atomic E-state index is 13.3. The van der Waals surface area contributed by atoms with Gasteiger partial charge in [-0.15, -0.1) is 0 Å². The Balaban J connectivity index is 2.43. The fraction of sp³-hybridized carbons (Fsp3) is 0.231. The summed E-state index contributed by atoms with van der Waals surface area (Å²) >= 11 is 0. The molecule has 4 N–H and O–H groups in total. The van der Waals surface area contributed by atoms with Gasteiger partial charge in [-0.2, -0.15) is 0 Å². The lowest BCUT2D eigenvalue weighted by Gasteiger charge is -2.14. The van der Waals surface area contributed by atoms with E-state index in [1.165, 1.54) is 12.1 Å². The van der Waals surface area contributed by atoms with Crippen molar-refractivity contribution in [3.63, 3.8) is 0 Å². The summed E-state index contributed by atoms with van der Waals surface area (Å²) in [6.45, 7) is 5.50. The number of halogens is 1. The summed E-state index contributed by atoms with van der Waals surface area (Å²) in [6, 6.07) is 4.57. The first-order valence-electron chi connectivity index (χ1n) is 5.86. The second-order valence-electron chi connectivity index (χ2n) is 4.32. The highest BCUT2D eigenvalue weighted by Gasteiger charge is 2.10. The predicted octanol–water partition coefficient (Wildman–Crippen LogP) is 2.57. The van der Waals surface area contributed by atoms with Gasteiger partial charge >= 0.3 is 0 Å². The third-order valence-electron chi connectivity index (χ3n) is 2.85. The van der Waals surface area contributed by atoms with Crippen molar-refractivity contribution in [2.24, 2.45) is 5.84 Å². The molecule has 0 aliphatic rings. The molecule has 0 spiro atoms. The van der Waals surface area contributed by atoms with Gasteiger partial charge in [0.05, 0.1) is 0 Å². The van der Waals surface area contributed by atoms with Gasteiger partial charge in [0.2, 0.25) is 0 Å². The standard InChI is InChI=1S/C13H16FN5/c1-7-4-5-10(14)6-11(7)18-12-8(2)13(19-15)17-9(3)16-12/h4-6H,15H2,1-3H3,(H2,16,17,18,19). The van der Waals surface area contributed by atoms with Gasteiger partial charge in [0.25, 0.3) is 0 Å². The molecule has 0 amide bonds. The lowest BCUT2D eigenvalue weighted by molar-refractivity contribution is 0.628. The van der Waals surface area contributed by atoms with E-state index in [4.69, 9.17) is 5.84 Å².